The van der Waals surface area contributed by atoms with E-state index in [-0.39, 0.29) is 6.54 Å². The molecule has 0 heterocycles. The Labute approximate surface area is 95.4 Å². The second kappa shape index (κ2) is 4.95. The van der Waals surface area contributed by atoms with Gasteiger partial charge in [0.1, 0.15) is 5.67 Å². The van der Waals surface area contributed by atoms with Gasteiger partial charge in [-0.25, -0.2) is 4.39 Å². The van der Waals surface area contributed by atoms with Crippen LogP contribution in [0.5, 0.6) is 0 Å². The first kappa shape index (κ1) is 12.5. The predicted octanol–water partition coefficient (Wildman–Crippen LogP) is 3.27. The Balaban J connectivity index is 2.85. The fraction of sp³-hybridized carbons (Fsp3) is 0.500. The van der Waals surface area contributed by atoms with Crippen molar-refractivity contribution < 1.29 is 4.39 Å². The van der Waals surface area contributed by atoms with E-state index in [1.54, 1.807) is 6.07 Å². The highest BCUT2D eigenvalue weighted by molar-refractivity contribution is 6.31. The number of nitrogens with two attached hydrogens (primary N) is 1. The van der Waals surface area contributed by atoms with Crippen LogP contribution in [0.2, 0.25) is 5.02 Å². The first-order valence-corrected chi connectivity index (χ1v) is 5.52. The van der Waals surface area contributed by atoms with Gasteiger partial charge < -0.3 is 5.73 Å². The van der Waals surface area contributed by atoms with Gasteiger partial charge in [0.05, 0.1) is 0 Å². The molecule has 0 spiro atoms. The average Bonchev–Trinajstić information content (AvgIpc) is 2.23. The van der Waals surface area contributed by atoms with Crippen molar-refractivity contribution in [1.29, 1.82) is 0 Å². The molecule has 84 valence electrons. The van der Waals surface area contributed by atoms with Gasteiger partial charge in [-0.1, -0.05) is 30.7 Å². The number of alkyl halides is 1. The molecule has 1 aromatic carbocycles. The van der Waals surface area contributed by atoms with Crippen LogP contribution in [0, 0.1) is 6.92 Å². The largest absolute Gasteiger partial charge is 0.328 e. The zero-order valence-electron chi connectivity index (χ0n) is 9.19. The zero-order valence-corrected chi connectivity index (χ0v) is 9.94. The van der Waals surface area contributed by atoms with Crippen LogP contribution < -0.4 is 5.73 Å². The summed E-state index contributed by atoms with van der Waals surface area (Å²) < 4.78 is 14.0. The smallest absolute Gasteiger partial charge is 0.126 e. The van der Waals surface area contributed by atoms with Crippen LogP contribution in [0.3, 0.4) is 0 Å². The van der Waals surface area contributed by atoms with Gasteiger partial charge in [-0.3, -0.25) is 0 Å². The van der Waals surface area contributed by atoms with Gasteiger partial charge in [-0.15, -0.1) is 0 Å². The second-order valence-corrected chi connectivity index (χ2v) is 4.38. The molecular formula is C12H17ClFN. The van der Waals surface area contributed by atoms with Crippen molar-refractivity contribution >= 4 is 11.6 Å². The molecule has 0 amide bonds. The highest BCUT2D eigenvalue weighted by Gasteiger charge is 2.25. The maximum Gasteiger partial charge on any atom is 0.126 e. The van der Waals surface area contributed by atoms with Gasteiger partial charge in [0.25, 0.3) is 0 Å². The van der Waals surface area contributed by atoms with Crippen molar-refractivity contribution in [3.63, 3.8) is 0 Å². The Morgan fingerprint density at radius 2 is 2.13 bits per heavy atom. The molecule has 1 atom stereocenters. The lowest BCUT2D eigenvalue weighted by Crippen LogP contribution is -2.34. The minimum atomic E-state index is -1.29. The Bertz CT molecular complexity index is 334. The summed E-state index contributed by atoms with van der Waals surface area (Å²) in [5.41, 5.74) is 6.07. The van der Waals surface area contributed by atoms with E-state index in [9.17, 15) is 4.39 Å². The summed E-state index contributed by atoms with van der Waals surface area (Å²) in [5.74, 6) is 0. The summed E-state index contributed by atoms with van der Waals surface area (Å²) in [5, 5.41) is 0.715. The summed E-state index contributed by atoms with van der Waals surface area (Å²) in [4.78, 5) is 0. The Morgan fingerprint density at radius 1 is 1.47 bits per heavy atom. The fourth-order valence-corrected chi connectivity index (χ4v) is 1.64. The third kappa shape index (κ3) is 3.18. The van der Waals surface area contributed by atoms with Crippen molar-refractivity contribution in [1.82, 2.24) is 0 Å². The Hall–Kier alpha value is -0.600. The number of hydrogen-bond donors (Lipinski definition) is 1. The molecule has 0 saturated carbocycles. The van der Waals surface area contributed by atoms with E-state index in [1.165, 1.54) is 0 Å². The molecule has 0 radical (unpaired) electrons. The topological polar surface area (TPSA) is 26.0 Å². The Kier molecular flexibility index (Phi) is 4.12. The van der Waals surface area contributed by atoms with Gasteiger partial charge in [-0.05, 0) is 30.5 Å². The molecule has 0 bridgehead atoms. The molecule has 0 aliphatic rings. The predicted molar refractivity (Wildman–Crippen MR) is 63.1 cm³/mol. The van der Waals surface area contributed by atoms with E-state index >= 15 is 0 Å². The minimum absolute atomic E-state index is 0.0607. The lowest BCUT2D eigenvalue weighted by atomic mass is 9.93. The molecule has 1 rings (SSSR count). The first-order chi connectivity index (χ1) is 7.00. The molecule has 15 heavy (non-hydrogen) atoms. The third-order valence-corrected chi connectivity index (χ3v) is 3.17. The standard InChI is InChI=1S/C12H17ClFN/c1-3-12(14,8-15)7-10-4-5-11(13)9(2)6-10/h4-6H,3,7-8,15H2,1-2H3. The molecule has 0 aliphatic carbocycles. The molecule has 0 saturated heterocycles. The van der Waals surface area contributed by atoms with Crippen LogP contribution in [-0.4, -0.2) is 12.2 Å². The van der Waals surface area contributed by atoms with E-state index in [1.807, 2.05) is 26.0 Å². The van der Waals surface area contributed by atoms with Crippen molar-refractivity contribution in [2.75, 3.05) is 6.54 Å². The van der Waals surface area contributed by atoms with Crippen LogP contribution in [0.25, 0.3) is 0 Å². The summed E-state index contributed by atoms with van der Waals surface area (Å²) in [6.45, 7) is 3.79. The van der Waals surface area contributed by atoms with Crippen molar-refractivity contribution in [3.05, 3.63) is 34.3 Å². The normalized spacial score (nSPS) is 15.0. The van der Waals surface area contributed by atoms with Crippen molar-refractivity contribution in [3.8, 4) is 0 Å². The molecule has 1 aromatic rings. The van der Waals surface area contributed by atoms with Crippen LogP contribution in [0.15, 0.2) is 18.2 Å². The summed E-state index contributed by atoms with van der Waals surface area (Å²) in [6, 6.07) is 5.58. The minimum Gasteiger partial charge on any atom is -0.328 e. The van der Waals surface area contributed by atoms with Crippen LogP contribution in [0.4, 0.5) is 4.39 Å². The number of hydrogen-bond acceptors (Lipinski definition) is 1. The van der Waals surface area contributed by atoms with Gasteiger partial charge in [0, 0.05) is 18.0 Å². The molecular weight excluding hydrogens is 213 g/mol. The van der Waals surface area contributed by atoms with Gasteiger partial charge in [0.15, 0.2) is 0 Å². The molecule has 0 aliphatic heterocycles. The van der Waals surface area contributed by atoms with Crippen molar-refractivity contribution in [2.45, 2.75) is 32.4 Å². The number of benzene rings is 1. The highest BCUT2D eigenvalue weighted by atomic mass is 35.5. The lowest BCUT2D eigenvalue weighted by molar-refractivity contribution is 0.167. The zero-order chi connectivity index (χ0) is 11.5. The van der Waals surface area contributed by atoms with E-state index in [0.717, 1.165) is 11.1 Å². The average molecular weight is 230 g/mol. The van der Waals surface area contributed by atoms with Crippen LogP contribution in [0.1, 0.15) is 24.5 Å². The maximum atomic E-state index is 14.0. The van der Waals surface area contributed by atoms with Crippen molar-refractivity contribution in [2.24, 2.45) is 5.73 Å². The summed E-state index contributed by atoms with van der Waals surface area (Å²) in [6.07, 6.45) is 0.795. The van der Waals surface area contributed by atoms with Gasteiger partial charge in [0.2, 0.25) is 0 Å². The third-order valence-electron chi connectivity index (χ3n) is 2.74. The first-order valence-electron chi connectivity index (χ1n) is 5.15. The number of aryl methyl sites for hydroxylation is 1. The van der Waals surface area contributed by atoms with E-state index in [0.29, 0.717) is 17.9 Å². The monoisotopic (exact) mass is 229 g/mol. The number of halogens is 2. The van der Waals surface area contributed by atoms with Gasteiger partial charge in [-0.2, -0.15) is 0 Å². The van der Waals surface area contributed by atoms with Crippen LogP contribution in [-0.2, 0) is 6.42 Å². The van der Waals surface area contributed by atoms with E-state index in [4.69, 9.17) is 17.3 Å². The molecule has 1 nitrogen and oxygen atoms in total. The Morgan fingerprint density at radius 3 is 2.60 bits per heavy atom. The molecule has 2 N–H and O–H groups in total. The molecule has 1 unspecified atom stereocenters. The summed E-state index contributed by atoms with van der Waals surface area (Å²) in [7, 11) is 0. The molecule has 0 fully saturated rings. The second-order valence-electron chi connectivity index (χ2n) is 3.97. The highest BCUT2D eigenvalue weighted by Crippen LogP contribution is 2.23. The van der Waals surface area contributed by atoms with Gasteiger partial charge >= 0.3 is 0 Å². The lowest BCUT2D eigenvalue weighted by Gasteiger charge is -2.22. The van der Waals surface area contributed by atoms with E-state index in [2.05, 4.69) is 0 Å². The molecule has 3 heteroatoms. The van der Waals surface area contributed by atoms with Crippen LogP contribution >= 0.6 is 11.6 Å². The fourth-order valence-electron chi connectivity index (χ4n) is 1.52. The molecule has 0 aromatic heterocycles. The SMILES string of the molecule is CCC(F)(CN)Cc1ccc(Cl)c(C)c1. The maximum absolute atomic E-state index is 14.0. The number of rotatable bonds is 4. The quantitative estimate of drug-likeness (QED) is 0.843. The van der Waals surface area contributed by atoms with E-state index < -0.39 is 5.67 Å². The summed E-state index contributed by atoms with van der Waals surface area (Å²) >= 11 is 5.90.